The number of hydrogen-bond acceptors (Lipinski definition) is 7. The van der Waals surface area contributed by atoms with Gasteiger partial charge in [-0.05, 0) is 26.1 Å². The van der Waals surface area contributed by atoms with E-state index in [1.807, 2.05) is 20.1 Å². The van der Waals surface area contributed by atoms with E-state index in [1.165, 1.54) is 0 Å². The molecule has 7 heteroatoms. The molecule has 94 valence electrons. The average molecular weight is 288 g/mol. The number of nitrogens with zero attached hydrogens (tertiary/aromatic N) is 3. The standard InChI is InChI=1S/C10H16N4S3/c1-4-12-10(2,7-11)5-6-16-9-14-13-8(15-3)17-9/h12H,4-6H2,1-3H3. The largest absolute Gasteiger partial charge is 0.300 e. The van der Waals surface area contributed by atoms with E-state index >= 15 is 0 Å². The van der Waals surface area contributed by atoms with Crippen LogP contribution >= 0.6 is 34.9 Å². The van der Waals surface area contributed by atoms with Crippen LogP contribution in [0, 0.1) is 11.3 Å². The highest BCUT2D eigenvalue weighted by Crippen LogP contribution is 2.28. The fourth-order valence-corrected chi connectivity index (χ4v) is 3.92. The molecule has 0 saturated heterocycles. The Hall–Kier alpha value is -0.290. The summed E-state index contributed by atoms with van der Waals surface area (Å²) in [6, 6.07) is 2.32. The van der Waals surface area contributed by atoms with Crippen molar-refractivity contribution in [2.24, 2.45) is 0 Å². The number of nitriles is 1. The van der Waals surface area contributed by atoms with E-state index in [1.54, 1.807) is 34.9 Å². The van der Waals surface area contributed by atoms with E-state index in [0.29, 0.717) is 0 Å². The highest BCUT2D eigenvalue weighted by Gasteiger charge is 2.21. The van der Waals surface area contributed by atoms with Gasteiger partial charge < -0.3 is 0 Å². The Kier molecular flexibility index (Phi) is 6.27. The van der Waals surface area contributed by atoms with E-state index in [9.17, 15) is 0 Å². The zero-order valence-corrected chi connectivity index (χ0v) is 12.6. The van der Waals surface area contributed by atoms with Crippen LogP contribution in [0.4, 0.5) is 0 Å². The molecule has 0 aromatic carbocycles. The summed E-state index contributed by atoms with van der Waals surface area (Å²) < 4.78 is 1.97. The summed E-state index contributed by atoms with van der Waals surface area (Å²) in [6.07, 6.45) is 2.79. The quantitative estimate of drug-likeness (QED) is 0.778. The number of rotatable bonds is 7. The molecule has 0 aliphatic rings. The van der Waals surface area contributed by atoms with Crippen molar-refractivity contribution in [3.8, 4) is 6.07 Å². The maximum absolute atomic E-state index is 9.11. The Bertz CT molecular complexity index is 387. The van der Waals surface area contributed by atoms with Crippen LogP contribution in [-0.2, 0) is 0 Å². The molecular formula is C10H16N4S3. The molecule has 1 unspecified atom stereocenters. The summed E-state index contributed by atoms with van der Waals surface area (Å²) in [5.74, 6) is 0.875. The summed E-state index contributed by atoms with van der Waals surface area (Å²) in [6.45, 7) is 4.76. The first kappa shape index (κ1) is 14.8. The SMILES string of the molecule is CCNC(C)(C#N)CCSc1nnc(SC)s1. The Morgan fingerprint density at radius 1 is 1.47 bits per heavy atom. The van der Waals surface area contributed by atoms with Crippen molar-refractivity contribution in [3.63, 3.8) is 0 Å². The third-order valence-electron chi connectivity index (χ3n) is 2.20. The van der Waals surface area contributed by atoms with Gasteiger partial charge in [0.1, 0.15) is 5.54 Å². The monoisotopic (exact) mass is 288 g/mol. The first-order valence-electron chi connectivity index (χ1n) is 5.30. The van der Waals surface area contributed by atoms with Crippen LogP contribution in [0.1, 0.15) is 20.3 Å². The summed E-state index contributed by atoms with van der Waals surface area (Å²) in [5, 5.41) is 20.4. The lowest BCUT2D eigenvalue weighted by Gasteiger charge is -2.21. The average Bonchev–Trinajstić information content (AvgIpc) is 2.77. The molecular weight excluding hydrogens is 272 g/mol. The number of nitrogens with one attached hydrogen (secondary N) is 1. The van der Waals surface area contributed by atoms with E-state index in [4.69, 9.17) is 5.26 Å². The predicted molar refractivity (Wildman–Crippen MR) is 74.7 cm³/mol. The highest BCUT2D eigenvalue weighted by molar-refractivity contribution is 8.02. The van der Waals surface area contributed by atoms with Gasteiger partial charge >= 0.3 is 0 Å². The second-order valence-electron chi connectivity index (χ2n) is 3.61. The van der Waals surface area contributed by atoms with Crippen LogP contribution < -0.4 is 5.32 Å². The molecule has 1 atom stereocenters. The zero-order chi connectivity index (χ0) is 12.7. The summed E-state index contributed by atoms with van der Waals surface area (Å²) in [7, 11) is 0. The lowest BCUT2D eigenvalue weighted by Crippen LogP contribution is -2.41. The molecule has 0 bridgehead atoms. The molecule has 0 fully saturated rings. The van der Waals surface area contributed by atoms with Gasteiger partial charge in [0.15, 0.2) is 8.68 Å². The van der Waals surface area contributed by atoms with Gasteiger partial charge in [0.05, 0.1) is 6.07 Å². The van der Waals surface area contributed by atoms with E-state index in [0.717, 1.165) is 27.4 Å². The third-order valence-corrected chi connectivity index (χ3v) is 5.24. The Balaban J connectivity index is 2.39. The maximum Gasteiger partial charge on any atom is 0.175 e. The van der Waals surface area contributed by atoms with Gasteiger partial charge in [-0.1, -0.05) is 41.8 Å². The number of thioether (sulfide) groups is 2. The van der Waals surface area contributed by atoms with Crippen LogP contribution in [0.2, 0.25) is 0 Å². The summed E-state index contributed by atoms with van der Waals surface area (Å²) in [5.41, 5.74) is -0.436. The fraction of sp³-hybridized carbons (Fsp3) is 0.700. The zero-order valence-electron chi connectivity index (χ0n) is 10.2. The van der Waals surface area contributed by atoms with Crippen molar-refractivity contribution >= 4 is 34.9 Å². The van der Waals surface area contributed by atoms with Crippen molar-refractivity contribution in [2.45, 2.75) is 34.5 Å². The minimum atomic E-state index is -0.436. The predicted octanol–water partition coefficient (Wildman–Crippen LogP) is 2.63. The van der Waals surface area contributed by atoms with Crippen LogP contribution in [0.15, 0.2) is 8.68 Å². The van der Waals surface area contributed by atoms with Crippen molar-refractivity contribution < 1.29 is 0 Å². The maximum atomic E-state index is 9.11. The van der Waals surface area contributed by atoms with Crippen LogP contribution in [0.3, 0.4) is 0 Å². The lowest BCUT2D eigenvalue weighted by atomic mass is 10.0. The first-order valence-corrected chi connectivity index (χ1v) is 8.33. The van der Waals surface area contributed by atoms with E-state index in [-0.39, 0.29) is 0 Å². The molecule has 17 heavy (non-hydrogen) atoms. The number of hydrogen-bond donors (Lipinski definition) is 1. The van der Waals surface area contributed by atoms with Gasteiger partial charge in [-0.25, -0.2) is 0 Å². The molecule has 4 nitrogen and oxygen atoms in total. The van der Waals surface area contributed by atoms with Crippen LogP contribution in [0.5, 0.6) is 0 Å². The first-order chi connectivity index (χ1) is 8.13. The third kappa shape index (κ3) is 4.84. The van der Waals surface area contributed by atoms with Gasteiger partial charge in [-0.2, -0.15) is 5.26 Å². The molecule has 1 aromatic rings. The Morgan fingerprint density at radius 3 is 2.71 bits per heavy atom. The van der Waals surface area contributed by atoms with Gasteiger partial charge in [-0.15, -0.1) is 10.2 Å². The smallest absolute Gasteiger partial charge is 0.175 e. The second kappa shape index (κ2) is 7.21. The highest BCUT2D eigenvalue weighted by atomic mass is 32.2. The molecule has 1 N–H and O–H groups in total. The minimum Gasteiger partial charge on any atom is -0.300 e. The van der Waals surface area contributed by atoms with Crippen molar-refractivity contribution in [2.75, 3.05) is 18.6 Å². The van der Waals surface area contributed by atoms with Gasteiger partial charge in [0.2, 0.25) is 0 Å². The molecule has 0 radical (unpaired) electrons. The molecule has 0 amide bonds. The Labute approximate surface area is 115 Å². The molecule has 1 heterocycles. The second-order valence-corrected chi connectivity index (χ2v) is 6.98. The molecule has 0 spiro atoms. The molecule has 0 aliphatic heterocycles. The van der Waals surface area contributed by atoms with E-state index < -0.39 is 5.54 Å². The normalized spacial score (nSPS) is 14.2. The topological polar surface area (TPSA) is 61.6 Å². The van der Waals surface area contributed by atoms with Crippen LogP contribution in [-0.4, -0.2) is 34.3 Å². The molecule has 1 aromatic heterocycles. The molecule has 1 rings (SSSR count). The minimum absolute atomic E-state index is 0.436. The van der Waals surface area contributed by atoms with Gasteiger partial charge in [0.25, 0.3) is 0 Å². The van der Waals surface area contributed by atoms with Crippen molar-refractivity contribution in [3.05, 3.63) is 0 Å². The summed E-state index contributed by atoms with van der Waals surface area (Å²) >= 11 is 4.88. The van der Waals surface area contributed by atoms with Gasteiger partial charge in [0, 0.05) is 5.75 Å². The van der Waals surface area contributed by atoms with Crippen LogP contribution in [0.25, 0.3) is 0 Å². The van der Waals surface area contributed by atoms with Gasteiger partial charge in [-0.3, -0.25) is 5.32 Å². The van der Waals surface area contributed by atoms with Crippen molar-refractivity contribution in [1.29, 1.82) is 5.26 Å². The van der Waals surface area contributed by atoms with E-state index in [2.05, 4.69) is 21.6 Å². The Morgan fingerprint density at radius 2 is 2.18 bits per heavy atom. The molecule has 0 aliphatic carbocycles. The number of aromatic nitrogens is 2. The van der Waals surface area contributed by atoms with Crippen molar-refractivity contribution in [1.82, 2.24) is 15.5 Å². The summed E-state index contributed by atoms with van der Waals surface area (Å²) in [4.78, 5) is 0. The fourth-order valence-electron chi connectivity index (χ4n) is 1.25. The molecule has 0 saturated carbocycles. The lowest BCUT2D eigenvalue weighted by molar-refractivity contribution is 0.450.